The summed E-state index contributed by atoms with van der Waals surface area (Å²) in [6, 6.07) is 0. The zero-order chi connectivity index (χ0) is 12.3. The van der Waals surface area contributed by atoms with Crippen LogP contribution in [0.25, 0.3) is 0 Å². The lowest BCUT2D eigenvalue weighted by Crippen LogP contribution is -2.50. The fourth-order valence-corrected chi connectivity index (χ4v) is 0.911. The smallest absolute Gasteiger partial charge is 0.297 e. The highest BCUT2D eigenvalue weighted by atomic mass is 19.4. The number of nitrogens with one attached hydrogen (secondary N) is 1. The van der Waals surface area contributed by atoms with Crippen LogP contribution in [0.15, 0.2) is 12.8 Å². The van der Waals surface area contributed by atoms with Crippen LogP contribution in [-0.2, 0) is 4.79 Å². The van der Waals surface area contributed by atoms with E-state index < -0.39 is 17.6 Å². The summed E-state index contributed by atoms with van der Waals surface area (Å²) in [5.41, 5.74) is 1.27. The van der Waals surface area contributed by atoms with Gasteiger partial charge in [-0.15, -0.1) is 13.2 Å². The topological polar surface area (TPSA) is 32.3 Å². The second kappa shape index (κ2) is 4.55. The van der Waals surface area contributed by atoms with Gasteiger partial charge in [0.1, 0.15) is 0 Å². The Morgan fingerprint density at radius 2 is 1.87 bits per heavy atom. The van der Waals surface area contributed by atoms with Crippen LogP contribution < -0.4 is 5.43 Å². The van der Waals surface area contributed by atoms with Gasteiger partial charge in [0.05, 0.1) is 0 Å². The van der Waals surface area contributed by atoms with Crippen molar-refractivity contribution in [1.29, 1.82) is 0 Å². The first-order chi connectivity index (χ1) is 6.58. The molecule has 0 atom stereocenters. The van der Waals surface area contributed by atoms with Crippen LogP contribution in [0.2, 0.25) is 0 Å². The highest BCUT2D eigenvalue weighted by Gasteiger charge is 2.41. The van der Waals surface area contributed by atoms with Gasteiger partial charge < -0.3 is 0 Å². The monoisotopic (exact) mass is 224 g/mol. The van der Waals surface area contributed by atoms with E-state index in [4.69, 9.17) is 0 Å². The molecule has 0 aromatic heterocycles. The summed E-state index contributed by atoms with van der Waals surface area (Å²) in [6.07, 6.45) is -4.13. The Balaban J connectivity index is 4.65. The highest BCUT2D eigenvalue weighted by molar-refractivity contribution is 5.76. The number of carbonyl (C=O) groups excluding carboxylic acids is 1. The zero-order valence-electron chi connectivity index (χ0n) is 8.98. The minimum Gasteiger partial charge on any atom is -0.297 e. The quantitative estimate of drug-likeness (QED) is 0.589. The third-order valence-electron chi connectivity index (χ3n) is 1.40. The van der Waals surface area contributed by atoms with Gasteiger partial charge in [-0.3, -0.25) is 10.2 Å². The molecule has 0 heterocycles. The van der Waals surface area contributed by atoms with Crippen molar-refractivity contribution in [3.8, 4) is 0 Å². The standard InChI is InChI=1S/C9H15F3N2O/c1-5-13-14(9(10,11)12)7(15)6-8(2,3)4/h5,13H,1,6H2,2-4H3. The van der Waals surface area contributed by atoms with E-state index in [0.717, 1.165) is 6.20 Å². The van der Waals surface area contributed by atoms with E-state index in [1.165, 1.54) is 0 Å². The molecule has 0 radical (unpaired) electrons. The molecular formula is C9H15F3N2O. The van der Waals surface area contributed by atoms with Crippen molar-refractivity contribution in [2.75, 3.05) is 0 Å². The fourth-order valence-electron chi connectivity index (χ4n) is 0.911. The molecule has 88 valence electrons. The van der Waals surface area contributed by atoms with Crippen LogP contribution in [0.4, 0.5) is 13.2 Å². The molecule has 0 aromatic carbocycles. The van der Waals surface area contributed by atoms with Crippen LogP contribution in [0.1, 0.15) is 27.2 Å². The van der Waals surface area contributed by atoms with Gasteiger partial charge in [0.15, 0.2) is 0 Å². The molecule has 6 heteroatoms. The summed E-state index contributed by atoms with van der Waals surface area (Å²) < 4.78 is 37.0. The molecule has 1 N–H and O–H groups in total. The first-order valence-corrected chi connectivity index (χ1v) is 4.35. The van der Waals surface area contributed by atoms with Crippen molar-refractivity contribution < 1.29 is 18.0 Å². The van der Waals surface area contributed by atoms with E-state index in [1.54, 1.807) is 26.2 Å². The molecule has 0 rings (SSSR count). The van der Waals surface area contributed by atoms with Gasteiger partial charge in [-0.25, -0.2) is 0 Å². The average Bonchev–Trinajstić information content (AvgIpc) is 1.93. The maximum Gasteiger partial charge on any atom is 0.505 e. The lowest BCUT2D eigenvalue weighted by Gasteiger charge is -2.27. The Bertz CT molecular complexity index is 243. The summed E-state index contributed by atoms with van der Waals surface area (Å²) in [4.78, 5) is 11.3. The number of nitrogens with zero attached hydrogens (tertiary/aromatic N) is 1. The molecule has 0 unspecified atom stereocenters. The zero-order valence-corrected chi connectivity index (χ0v) is 8.98. The second-order valence-electron chi connectivity index (χ2n) is 4.27. The number of hydrazine groups is 1. The summed E-state index contributed by atoms with van der Waals surface area (Å²) >= 11 is 0. The third-order valence-corrected chi connectivity index (χ3v) is 1.40. The summed E-state index contributed by atoms with van der Waals surface area (Å²) in [5, 5.41) is -0.370. The predicted molar refractivity (Wildman–Crippen MR) is 50.3 cm³/mol. The lowest BCUT2D eigenvalue weighted by molar-refractivity contribution is -0.252. The van der Waals surface area contributed by atoms with Gasteiger partial charge in [0, 0.05) is 12.6 Å². The van der Waals surface area contributed by atoms with Crippen molar-refractivity contribution >= 4 is 5.91 Å². The molecule has 0 aliphatic heterocycles. The Morgan fingerprint density at radius 3 is 2.13 bits per heavy atom. The van der Waals surface area contributed by atoms with Crippen molar-refractivity contribution in [1.82, 2.24) is 10.4 Å². The SMILES string of the molecule is C=CNN(C(=O)CC(C)(C)C)C(F)(F)F. The first-order valence-electron chi connectivity index (χ1n) is 4.35. The van der Waals surface area contributed by atoms with Crippen molar-refractivity contribution in [2.45, 2.75) is 33.5 Å². The minimum absolute atomic E-state index is 0.201. The van der Waals surface area contributed by atoms with Gasteiger partial charge in [0.25, 0.3) is 0 Å². The highest BCUT2D eigenvalue weighted by Crippen LogP contribution is 2.25. The van der Waals surface area contributed by atoms with E-state index in [0.29, 0.717) is 0 Å². The van der Waals surface area contributed by atoms with Crippen LogP contribution in [0.3, 0.4) is 0 Å². The van der Waals surface area contributed by atoms with E-state index in [-0.39, 0.29) is 11.4 Å². The van der Waals surface area contributed by atoms with E-state index in [1.807, 2.05) is 0 Å². The summed E-state index contributed by atoms with van der Waals surface area (Å²) in [6.45, 7) is 8.15. The van der Waals surface area contributed by atoms with Gasteiger partial charge in [-0.05, 0) is 5.41 Å². The molecule has 15 heavy (non-hydrogen) atoms. The number of hydrogen-bond acceptors (Lipinski definition) is 2. The fraction of sp³-hybridized carbons (Fsp3) is 0.667. The third kappa shape index (κ3) is 5.29. The molecular weight excluding hydrogens is 209 g/mol. The largest absolute Gasteiger partial charge is 0.505 e. The molecule has 3 nitrogen and oxygen atoms in total. The lowest BCUT2D eigenvalue weighted by atomic mass is 9.92. The minimum atomic E-state index is -4.74. The Labute approximate surface area is 86.9 Å². The maximum atomic E-state index is 12.3. The molecule has 0 aliphatic carbocycles. The van der Waals surface area contributed by atoms with E-state index in [9.17, 15) is 18.0 Å². The van der Waals surface area contributed by atoms with Crippen molar-refractivity contribution in [3.63, 3.8) is 0 Å². The predicted octanol–water partition coefficient (Wildman–Crippen LogP) is 2.42. The normalized spacial score (nSPS) is 12.1. The van der Waals surface area contributed by atoms with Crippen LogP contribution in [-0.4, -0.2) is 17.2 Å². The summed E-state index contributed by atoms with van der Waals surface area (Å²) in [7, 11) is 0. The molecule has 0 saturated heterocycles. The molecule has 0 aromatic rings. The number of alkyl halides is 3. The van der Waals surface area contributed by atoms with Gasteiger partial charge in [0.2, 0.25) is 5.91 Å². The summed E-state index contributed by atoms with van der Waals surface area (Å²) in [5.74, 6) is -1.03. The molecule has 0 fully saturated rings. The molecule has 1 amide bonds. The van der Waals surface area contributed by atoms with E-state index >= 15 is 0 Å². The van der Waals surface area contributed by atoms with E-state index in [2.05, 4.69) is 6.58 Å². The number of hydrogen-bond donors (Lipinski definition) is 1. The van der Waals surface area contributed by atoms with Crippen LogP contribution >= 0.6 is 0 Å². The molecule has 0 saturated carbocycles. The first kappa shape index (κ1) is 13.8. The Hall–Kier alpha value is -1.20. The van der Waals surface area contributed by atoms with Gasteiger partial charge in [-0.2, -0.15) is 5.01 Å². The number of rotatable bonds is 3. The Morgan fingerprint density at radius 1 is 1.40 bits per heavy atom. The Kier molecular flexibility index (Phi) is 4.18. The van der Waals surface area contributed by atoms with Gasteiger partial charge in [-0.1, -0.05) is 27.4 Å². The molecule has 0 aliphatic rings. The molecule has 0 spiro atoms. The maximum absolute atomic E-state index is 12.3. The number of carbonyl (C=O) groups is 1. The van der Waals surface area contributed by atoms with Crippen molar-refractivity contribution in [2.24, 2.45) is 5.41 Å². The van der Waals surface area contributed by atoms with Crippen molar-refractivity contribution in [3.05, 3.63) is 12.8 Å². The molecule has 0 bridgehead atoms. The number of amides is 1. The average molecular weight is 224 g/mol. The second-order valence-corrected chi connectivity index (χ2v) is 4.27. The number of halogens is 3. The van der Waals surface area contributed by atoms with Gasteiger partial charge >= 0.3 is 6.30 Å². The van der Waals surface area contributed by atoms with Crippen LogP contribution in [0.5, 0.6) is 0 Å². The van der Waals surface area contributed by atoms with Crippen LogP contribution in [0, 0.1) is 5.41 Å².